The van der Waals surface area contributed by atoms with E-state index in [9.17, 15) is 9.18 Å². The third-order valence-electron chi connectivity index (χ3n) is 3.95. The van der Waals surface area contributed by atoms with Crippen LogP contribution in [-0.4, -0.2) is 50.2 Å². The molecule has 0 aromatic heterocycles. The largest absolute Gasteiger partial charge is 0.371 e. The molecule has 4 nitrogen and oxygen atoms in total. The maximum Gasteiger partial charge on any atom is 0.252 e. The quantitative estimate of drug-likeness (QED) is 0.772. The zero-order valence-electron chi connectivity index (χ0n) is 13.5. The molecule has 0 saturated carbocycles. The van der Waals surface area contributed by atoms with Gasteiger partial charge in [0.25, 0.3) is 5.91 Å². The predicted octanol–water partition coefficient (Wildman–Crippen LogP) is 3.11. The molecule has 1 atom stereocenters. The molecule has 0 bridgehead atoms. The minimum atomic E-state index is -0.473. The summed E-state index contributed by atoms with van der Waals surface area (Å²) in [4.78, 5) is 16.4. The molecule has 0 spiro atoms. The second-order valence-corrected chi connectivity index (χ2v) is 6.20. The van der Waals surface area contributed by atoms with E-state index in [1.165, 1.54) is 6.07 Å². The van der Waals surface area contributed by atoms with E-state index in [2.05, 4.69) is 11.5 Å². The Morgan fingerprint density at radius 2 is 2.04 bits per heavy atom. The van der Waals surface area contributed by atoms with Gasteiger partial charge in [0.1, 0.15) is 11.9 Å². The first-order chi connectivity index (χ1) is 10.9. The van der Waals surface area contributed by atoms with Gasteiger partial charge >= 0.3 is 0 Å². The van der Waals surface area contributed by atoms with Gasteiger partial charge in [-0.25, -0.2) is 4.39 Å². The van der Waals surface area contributed by atoms with Crippen molar-refractivity contribution in [3.8, 4) is 0 Å². The highest BCUT2D eigenvalue weighted by atomic mass is 35.5. The van der Waals surface area contributed by atoms with Gasteiger partial charge in [0.05, 0.1) is 5.02 Å². The number of ether oxygens (including phenoxy) is 1. The maximum atomic E-state index is 13.2. The van der Waals surface area contributed by atoms with E-state index in [1.54, 1.807) is 24.1 Å². The highest BCUT2D eigenvalue weighted by Crippen LogP contribution is 2.24. The fraction of sp³-hybridized carbons (Fsp3) is 0.471. The van der Waals surface area contributed by atoms with Crippen molar-refractivity contribution >= 4 is 23.2 Å². The van der Waals surface area contributed by atoms with E-state index in [4.69, 9.17) is 16.3 Å². The predicted molar refractivity (Wildman–Crippen MR) is 90.4 cm³/mol. The number of piperazine rings is 1. The SMILES string of the molecule is C=C(C)CC(OC)C(=O)N1CCN(c2ccc(F)c(Cl)c2)CC1. The summed E-state index contributed by atoms with van der Waals surface area (Å²) in [6, 6.07) is 4.69. The van der Waals surface area contributed by atoms with Crippen molar-refractivity contribution < 1.29 is 13.9 Å². The molecule has 1 aliphatic rings. The van der Waals surface area contributed by atoms with Crippen LogP contribution in [0, 0.1) is 5.82 Å². The van der Waals surface area contributed by atoms with E-state index >= 15 is 0 Å². The Morgan fingerprint density at radius 3 is 2.57 bits per heavy atom. The summed E-state index contributed by atoms with van der Waals surface area (Å²) in [7, 11) is 1.54. The summed E-state index contributed by atoms with van der Waals surface area (Å²) in [6.45, 7) is 8.28. The molecule has 1 aromatic rings. The summed E-state index contributed by atoms with van der Waals surface area (Å²) in [5, 5.41) is 0.113. The third kappa shape index (κ3) is 4.45. The first kappa shape index (κ1) is 17.8. The van der Waals surface area contributed by atoms with E-state index < -0.39 is 11.9 Å². The fourth-order valence-electron chi connectivity index (χ4n) is 2.66. The molecule has 0 N–H and O–H groups in total. The molecule has 1 saturated heterocycles. The number of amides is 1. The number of hydrogen-bond donors (Lipinski definition) is 0. The van der Waals surface area contributed by atoms with Gasteiger partial charge in [0.15, 0.2) is 0 Å². The minimum Gasteiger partial charge on any atom is -0.371 e. The molecule has 2 rings (SSSR count). The lowest BCUT2D eigenvalue weighted by molar-refractivity contribution is -0.142. The van der Waals surface area contributed by atoms with Crippen LogP contribution in [0.5, 0.6) is 0 Å². The summed E-state index contributed by atoms with van der Waals surface area (Å²) < 4.78 is 18.5. The van der Waals surface area contributed by atoms with Gasteiger partial charge < -0.3 is 14.5 Å². The molecular formula is C17H22ClFN2O2. The van der Waals surface area contributed by atoms with Crippen LogP contribution in [0.1, 0.15) is 13.3 Å². The van der Waals surface area contributed by atoms with Gasteiger partial charge in [-0.15, -0.1) is 6.58 Å². The van der Waals surface area contributed by atoms with Gasteiger partial charge in [-0.2, -0.15) is 0 Å². The number of halogens is 2. The van der Waals surface area contributed by atoms with Crippen molar-refractivity contribution in [2.75, 3.05) is 38.2 Å². The molecule has 0 aliphatic carbocycles. The van der Waals surface area contributed by atoms with Crippen molar-refractivity contribution in [3.05, 3.63) is 41.2 Å². The molecule has 6 heteroatoms. The van der Waals surface area contributed by atoms with Crippen molar-refractivity contribution in [1.29, 1.82) is 0 Å². The maximum absolute atomic E-state index is 13.2. The number of benzene rings is 1. The van der Waals surface area contributed by atoms with Crippen molar-refractivity contribution in [3.63, 3.8) is 0 Å². The van der Waals surface area contributed by atoms with Crippen LogP contribution >= 0.6 is 11.6 Å². The number of carbonyl (C=O) groups excluding carboxylic acids is 1. The Hall–Kier alpha value is -1.59. The molecule has 1 aliphatic heterocycles. The standard InChI is InChI=1S/C17H22ClFN2O2/c1-12(2)10-16(23-3)17(22)21-8-6-20(7-9-21)13-4-5-15(19)14(18)11-13/h4-5,11,16H,1,6-10H2,2-3H3. The number of carbonyl (C=O) groups is 1. The fourth-order valence-corrected chi connectivity index (χ4v) is 2.83. The van der Waals surface area contributed by atoms with E-state index in [1.807, 2.05) is 6.92 Å². The van der Waals surface area contributed by atoms with Crippen LogP contribution < -0.4 is 4.90 Å². The smallest absolute Gasteiger partial charge is 0.252 e. The Morgan fingerprint density at radius 1 is 1.39 bits per heavy atom. The van der Waals surface area contributed by atoms with Crippen molar-refractivity contribution in [2.24, 2.45) is 0 Å². The molecule has 1 heterocycles. The van der Waals surface area contributed by atoms with Crippen LogP contribution in [0.4, 0.5) is 10.1 Å². The van der Waals surface area contributed by atoms with Crippen LogP contribution in [0.25, 0.3) is 0 Å². The Kier molecular flexibility index (Phi) is 6.02. The van der Waals surface area contributed by atoms with Gasteiger partial charge in [-0.3, -0.25) is 4.79 Å². The van der Waals surface area contributed by atoms with E-state index in [0.717, 1.165) is 11.3 Å². The highest BCUT2D eigenvalue weighted by Gasteiger charge is 2.27. The summed E-state index contributed by atoms with van der Waals surface area (Å²) in [5.41, 5.74) is 1.79. The number of anilines is 1. The first-order valence-electron chi connectivity index (χ1n) is 7.58. The molecule has 1 unspecified atom stereocenters. The van der Waals surface area contributed by atoms with E-state index in [0.29, 0.717) is 32.6 Å². The van der Waals surface area contributed by atoms with E-state index in [-0.39, 0.29) is 10.9 Å². The Labute approximate surface area is 141 Å². The average molecular weight is 341 g/mol. The lowest BCUT2D eigenvalue weighted by Gasteiger charge is -2.37. The summed E-state index contributed by atoms with van der Waals surface area (Å²) >= 11 is 5.83. The molecule has 1 fully saturated rings. The number of nitrogens with zero attached hydrogens (tertiary/aromatic N) is 2. The monoisotopic (exact) mass is 340 g/mol. The van der Waals surface area contributed by atoms with Crippen LogP contribution in [0.2, 0.25) is 5.02 Å². The lowest BCUT2D eigenvalue weighted by Crippen LogP contribution is -2.51. The highest BCUT2D eigenvalue weighted by molar-refractivity contribution is 6.31. The van der Waals surface area contributed by atoms with Crippen LogP contribution in [0.15, 0.2) is 30.4 Å². The van der Waals surface area contributed by atoms with Crippen molar-refractivity contribution in [1.82, 2.24) is 4.90 Å². The number of methoxy groups -OCH3 is 1. The molecule has 1 amide bonds. The average Bonchev–Trinajstić information content (AvgIpc) is 2.54. The molecule has 126 valence electrons. The first-order valence-corrected chi connectivity index (χ1v) is 7.96. The second kappa shape index (κ2) is 7.79. The topological polar surface area (TPSA) is 32.8 Å². The third-order valence-corrected chi connectivity index (χ3v) is 4.24. The van der Waals surface area contributed by atoms with Crippen LogP contribution in [0.3, 0.4) is 0 Å². The molecular weight excluding hydrogens is 319 g/mol. The summed E-state index contributed by atoms with van der Waals surface area (Å²) in [5.74, 6) is -0.431. The molecule has 23 heavy (non-hydrogen) atoms. The van der Waals surface area contributed by atoms with Gasteiger partial charge in [-0.1, -0.05) is 17.2 Å². The molecule has 1 aromatic carbocycles. The molecule has 0 radical (unpaired) electrons. The minimum absolute atomic E-state index is 0.00714. The zero-order chi connectivity index (χ0) is 17.0. The van der Waals surface area contributed by atoms with Crippen molar-refractivity contribution in [2.45, 2.75) is 19.4 Å². The van der Waals surface area contributed by atoms with Gasteiger partial charge in [0.2, 0.25) is 0 Å². The van der Waals surface area contributed by atoms with Gasteiger partial charge in [0, 0.05) is 45.4 Å². The number of hydrogen-bond acceptors (Lipinski definition) is 3. The second-order valence-electron chi connectivity index (χ2n) is 5.80. The Balaban J connectivity index is 1.96. The zero-order valence-corrected chi connectivity index (χ0v) is 14.3. The lowest BCUT2D eigenvalue weighted by atomic mass is 10.1. The number of rotatable bonds is 5. The normalized spacial score (nSPS) is 16.3. The summed E-state index contributed by atoms with van der Waals surface area (Å²) in [6.07, 6.45) is 0.0580. The van der Waals surface area contributed by atoms with Crippen LogP contribution in [-0.2, 0) is 9.53 Å². The Bertz CT molecular complexity index is 586. The van der Waals surface area contributed by atoms with Gasteiger partial charge in [-0.05, 0) is 25.1 Å².